The first-order chi connectivity index (χ1) is 17.8. The first-order valence-corrected chi connectivity index (χ1v) is 13.5. The van der Waals surface area contributed by atoms with Crippen LogP contribution in [0.5, 0.6) is 0 Å². The highest BCUT2D eigenvalue weighted by Gasteiger charge is 2.44. The summed E-state index contributed by atoms with van der Waals surface area (Å²) in [7, 11) is 3.25. The van der Waals surface area contributed by atoms with Crippen LogP contribution in [0.25, 0.3) is 10.9 Å². The van der Waals surface area contributed by atoms with Crippen LogP contribution in [0, 0.1) is 12.3 Å². The molecule has 2 fully saturated rings. The Bertz CT molecular complexity index is 1290. The Morgan fingerprint density at radius 2 is 1.89 bits per heavy atom. The van der Waals surface area contributed by atoms with Crippen LogP contribution in [0.15, 0.2) is 46.1 Å². The van der Waals surface area contributed by atoms with Crippen LogP contribution in [-0.4, -0.2) is 56.7 Å². The first kappa shape index (κ1) is 27.6. The standard InChI is InChI=1S/C26H32N4O3S.C2H6O/c1-17-14-20(34-27)6-4-18(17)8-9-30-24(23-26(2,3)16-33-23)28-22-15-19(5-7-21(22)25(30)31)29-10-12-32-13-11-29;1-3-2/h4-7,14-15,23H,8-13,16,27H2,1-3H3;1-2H3. The maximum atomic E-state index is 13.7. The maximum absolute atomic E-state index is 13.7. The van der Waals surface area contributed by atoms with Gasteiger partial charge in [0, 0.05) is 49.9 Å². The zero-order chi connectivity index (χ0) is 26.6. The molecule has 0 amide bonds. The lowest BCUT2D eigenvalue weighted by Crippen LogP contribution is -2.44. The lowest BCUT2D eigenvalue weighted by molar-refractivity contribution is -0.177. The number of nitrogens with two attached hydrogens (primary N) is 1. The Balaban J connectivity index is 0.00000102. The number of rotatable bonds is 6. The average Bonchev–Trinajstić information content (AvgIpc) is 2.89. The molecule has 0 saturated carbocycles. The molecule has 9 heteroatoms. The Labute approximate surface area is 223 Å². The van der Waals surface area contributed by atoms with Crippen molar-refractivity contribution >= 4 is 28.5 Å². The Hall–Kier alpha value is -2.43. The number of aromatic nitrogens is 2. The van der Waals surface area contributed by atoms with Crippen LogP contribution < -0.4 is 15.6 Å². The van der Waals surface area contributed by atoms with Gasteiger partial charge in [0.15, 0.2) is 0 Å². The van der Waals surface area contributed by atoms with E-state index in [0.29, 0.717) is 31.8 Å². The van der Waals surface area contributed by atoms with Crippen molar-refractivity contribution in [2.45, 2.75) is 44.7 Å². The van der Waals surface area contributed by atoms with Crippen molar-refractivity contribution in [2.24, 2.45) is 10.6 Å². The van der Waals surface area contributed by atoms with Gasteiger partial charge in [-0.2, -0.15) is 0 Å². The van der Waals surface area contributed by atoms with E-state index in [-0.39, 0.29) is 17.1 Å². The second-order valence-corrected chi connectivity index (χ2v) is 11.0. The Kier molecular flexibility index (Phi) is 8.92. The van der Waals surface area contributed by atoms with E-state index in [0.717, 1.165) is 41.4 Å². The second-order valence-electron chi connectivity index (χ2n) is 10.3. The minimum atomic E-state index is -0.200. The molecule has 3 aromatic rings. The van der Waals surface area contributed by atoms with Crippen molar-refractivity contribution in [3.05, 3.63) is 63.7 Å². The van der Waals surface area contributed by atoms with Gasteiger partial charge in [-0.3, -0.25) is 14.5 Å². The molecule has 200 valence electrons. The number of nitrogens with zero attached hydrogens (tertiary/aromatic N) is 3. The van der Waals surface area contributed by atoms with Gasteiger partial charge in [-0.15, -0.1) is 0 Å². The predicted octanol–water partition coefficient (Wildman–Crippen LogP) is 4.11. The number of fused-ring (bicyclic) bond motifs is 1. The van der Waals surface area contributed by atoms with Gasteiger partial charge in [-0.25, -0.2) is 4.98 Å². The number of ether oxygens (including phenoxy) is 3. The Morgan fingerprint density at radius 3 is 2.49 bits per heavy atom. The minimum absolute atomic E-state index is 0.00776. The fourth-order valence-electron chi connectivity index (χ4n) is 4.84. The van der Waals surface area contributed by atoms with Gasteiger partial charge >= 0.3 is 0 Å². The molecule has 2 aromatic carbocycles. The predicted molar refractivity (Wildman–Crippen MR) is 149 cm³/mol. The molecule has 3 heterocycles. The molecule has 2 saturated heterocycles. The summed E-state index contributed by atoms with van der Waals surface area (Å²) in [6.45, 7) is 10.7. The summed E-state index contributed by atoms with van der Waals surface area (Å²) in [5.74, 6) is 0.722. The highest BCUT2D eigenvalue weighted by atomic mass is 32.2. The smallest absolute Gasteiger partial charge is 0.261 e. The summed E-state index contributed by atoms with van der Waals surface area (Å²) >= 11 is 1.25. The zero-order valence-electron chi connectivity index (χ0n) is 22.5. The summed E-state index contributed by atoms with van der Waals surface area (Å²) in [6, 6.07) is 12.2. The second kappa shape index (κ2) is 12.0. The van der Waals surface area contributed by atoms with Gasteiger partial charge in [0.1, 0.15) is 11.9 Å². The SMILES string of the molecule is COC.Cc1cc(SN)ccc1CCn1c(C2OCC2(C)C)nc2cc(N3CCOCC3)ccc2c1=O. The van der Waals surface area contributed by atoms with Gasteiger partial charge in [-0.1, -0.05) is 19.9 Å². The monoisotopic (exact) mass is 526 g/mol. The number of anilines is 1. The maximum Gasteiger partial charge on any atom is 0.261 e. The summed E-state index contributed by atoms with van der Waals surface area (Å²) < 4.78 is 17.5. The van der Waals surface area contributed by atoms with Crippen LogP contribution in [0.1, 0.15) is 36.9 Å². The number of methoxy groups -OCH3 is 1. The molecule has 0 spiro atoms. The molecule has 0 aliphatic carbocycles. The van der Waals surface area contributed by atoms with Crippen molar-refractivity contribution in [1.82, 2.24) is 9.55 Å². The zero-order valence-corrected chi connectivity index (χ0v) is 23.3. The minimum Gasteiger partial charge on any atom is -0.388 e. The van der Waals surface area contributed by atoms with E-state index in [1.807, 2.05) is 28.8 Å². The van der Waals surface area contributed by atoms with Crippen LogP contribution in [0.4, 0.5) is 5.69 Å². The third-order valence-corrected chi connectivity index (χ3v) is 7.49. The molecule has 37 heavy (non-hydrogen) atoms. The summed E-state index contributed by atoms with van der Waals surface area (Å²) in [5, 5.41) is 6.35. The average molecular weight is 527 g/mol. The van der Waals surface area contributed by atoms with Gasteiger partial charge < -0.3 is 19.1 Å². The number of hydrogen-bond acceptors (Lipinski definition) is 8. The molecule has 1 aromatic heterocycles. The molecule has 2 N–H and O–H groups in total. The van der Waals surface area contributed by atoms with E-state index in [2.05, 4.69) is 42.5 Å². The van der Waals surface area contributed by atoms with Crippen LogP contribution in [0.3, 0.4) is 0 Å². The van der Waals surface area contributed by atoms with Crippen LogP contribution >= 0.6 is 11.9 Å². The third kappa shape index (κ3) is 6.02. The van der Waals surface area contributed by atoms with Crippen molar-refractivity contribution in [2.75, 3.05) is 52.0 Å². The van der Waals surface area contributed by atoms with E-state index >= 15 is 0 Å². The largest absolute Gasteiger partial charge is 0.388 e. The van der Waals surface area contributed by atoms with Crippen molar-refractivity contribution in [3.63, 3.8) is 0 Å². The molecule has 1 unspecified atom stereocenters. The van der Waals surface area contributed by atoms with Crippen molar-refractivity contribution in [3.8, 4) is 0 Å². The Morgan fingerprint density at radius 1 is 1.16 bits per heavy atom. The van der Waals surface area contributed by atoms with E-state index in [4.69, 9.17) is 19.6 Å². The van der Waals surface area contributed by atoms with E-state index in [1.54, 1.807) is 14.2 Å². The van der Waals surface area contributed by atoms with Crippen molar-refractivity contribution < 1.29 is 14.2 Å². The molecule has 1 atom stereocenters. The summed E-state index contributed by atoms with van der Waals surface area (Å²) in [4.78, 5) is 22.1. The highest BCUT2D eigenvalue weighted by Crippen LogP contribution is 2.45. The van der Waals surface area contributed by atoms with Gasteiger partial charge in [-0.05, 0) is 66.8 Å². The molecule has 8 nitrogen and oxygen atoms in total. The third-order valence-electron chi connectivity index (χ3n) is 6.97. The van der Waals surface area contributed by atoms with Crippen molar-refractivity contribution in [1.29, 1.82) is 0 Å². The molecule has 0 radical (unpaired) electrons. The topological polar surface area (TPSA) is 91.8 Å². The number of hydrogen-bond donors (Lipinski definition) is 1. The van der Waals surface area contributed by atoms with E-state index in [1.165, 1.54) is 23.1 Å². The first-order valence-electron chi connectivity index (χ1n) is 12.6. The fraction of sp³-hybridized carbons (Fsp3) is 0.500. The molecule has 2 aliphatic heterocycles. The number of aryl methyl sites for hydroxylation is 2. The van der Waals surface area contributed by atoms with E-state index in [9.17, 15) is 4.79 Å². The number of benzene rings is 2. The molecular weight excluding hydrogens is 488 g/mol. The number of morpholine rings is 1. The molecule has 0 bridgehead atoms. The van der Waals surface area contributed by atoms with Gasteiger partial charge in [0.05, 0.1) is 30.7 Å². The molecule has 2 aliphatic rings. The van der Waals surface area contributed by atoms with Crippen LogP contribution in [-0.2, 0) is 27.2 Å². The normalized spacial score (nSPS) is 18.8. The van der Waals surface area contributed by atoms with E-state index < -0.39 is 0 Å². The summed E-state index contributed by atoms with van der Waals surface area (Å²) in [6.07, 6.45) is 0.536. The lowest BCUT2D eigenvalue weighted by Gasteiger charge is -2.44. The molecule has 5 rings (SSSR count). The lowest BCUT2D eigenvalue weighted by atomic mass is 9.82. The fourth-order valence-corrected chi connectivity index (χ4v) is 5.23. The van der Waals surface area contributed by atoms with Gasteiger partial charge in [0.2, 0.25) is 0 Å². The van der Waals surface area contributed by atoms with Crippen LogP contribution in [0.2, 0.25) is 0 Å². The highest BCUT2D eigenvalue weighted by molar-refractivity contribution is 7.97. The molecular formula is C28H38N4O4S. The van der Waals surface area contributed by atoms with Gasteiger partial charge in [0.25, 0.3) is 5.56 Å². The quantitative estimate of drug-likeness (QED) is 0.480. The summed E-state index contributed by atoms with van der Waals surface area (Å²) in [5.41, 5.74) is 4.11.